The number of carbonyl (C=O) groups excluding carboxylic acids is 1. The third-order valence-electron chi connectivity index (χ3n) is 3.76. The van der Waals surface area contributed by atoms with Gasteiger partial charge in [0.25, 0.3) is 0 Å². The van der Waals surface area contributed by atoms with Crippen LogP contribution in [0.4, 0.5) is 0 Å². The Morgan fingerprint density at radius 1 is 1.25 bits per heavy atom. The number of likely N-dealkylation sites (N-methyl/N-ethyl adjacent to an activating group) is 1. The highest BCUT2D eigenvalue weighted by Gasteiger charge is 2.25. The van der Waals surface area contributed by atoms with Gasteiger partial charge in [-0.05, 0) is 38.7 Å². The molecule has 0 saturated carbocycles. The molecule has 7 nitrogen and oxygen atoms in total. The van der Waals surface area contributed by atoms with Gasteiger partial charge in [-0.3, -0.25) is 19.7 Å². The minimum Gasteiger partial charge on any atom is -0.454 e. The molecule has 1 aliphatic heterocycles. The minimum atomic E-state index is -0.432. The molecule has 0 aliphatic carbocycles. The van der Waals surface area contributed by atoms with Crippen LogP contribution in [0.1, 0.15) is 23.0 Å². The molecule has 0 saturated heterocycles. The maximum Gasteiger partial charge on any atom is 0.242 e. The molecule has 0 radical (unpaired) electrons. The summed E-state index contributed by atoms with van der Waals surface area (Å²) in [5.74, 6) is 1.25. The summed E-state index contributed by atoms with van der Waals surface area (Å²) in [7, 11) is 3.72. The molecule has 2 aromatic rings. The number of nitrogens with one attached hydrogen (secondary N) is 1. The lowest BCUT2D eigenvalue weighted by molar-refractivity contribution is -0.126. The number of nitrogens with zero attached hydrogens (tertiary/aromatic N) is 3. The molecule has 3 rings (SSSR count). The highest BCUT2D eigenvalue weighted by atomic mass is 16.7. The number of ether oxygens (including phenoxy) is 2. The van der Waals surface area contributed by atoms with Gasteiger partial charge in [-0.25, -0.2) is 0 Å². The van der Waals surface area contributed by atoms with Gasteiger partial charge in [0.05, 0.1) is 24.1 Å². The van der Waals surface area contributed by atoms with Crippen molar-refractivity contribution in [3.8, 4) is 11.5 Å². The molecule has 0 unspecified atom stereocenters. The van der Waals surface area contributed by atoms with Gasteiger partial charge in [-0.15, -0.1) is 0 Å². The monoisotopic (exact) mass is 328 g/mol. The summed E-state index contributed by atoms with van der Waals surface area (Å²) in [6.07, 6.45) is 3.35. The van der Waals surface area contributed by atoms with Crippen LogP contribution in [0.5, 0.6) is 11.5 Å². The van der Waals surface area contributed by atoms with Crippen molar-refractivity contribution in [1.29, 1.82) is 0 Å². The highest BCUT2D eigenvalue weighted by molar-refractivity contribution is 5.83. The maximum atomic E-state index is 12.7. The zero-order chi connectivity index (χ0) is 17.1. The number of benzene rings is 1. The maximum absolute atomic E-state index is 12.7. The van der Waals surface area contributed by atoms with Gasteiger partial charge in [-0.1, -0.05) is 6.07 Å². The first-order valence-corrected chi connectivity index (χ1v) is 7.66. The van der Waals surface area contributed by atoms with Crippen LogP contribution >= 0.6 is 0 Å². The molecule has 1 aromatic heterocycles. The Bertz CT molecular complexity index is 731. The van der Waals surface area contributed by atoms with Crippen LogP contribution in [0, 0.1) is 6.92 Å². The fourth-order valence-corrected chi connectivity index (χ4v) is 2.55. The molecule has 24 heavy (non-hydrogen) atoms. The number of amides is 1. The highest BCUT2D eigenvalue weighted by Crippen LogP contribution is 2.35. The lowest BCUT2D eigenvalue weighted by atomic mass is 10.0. The molecule has 0 spiro atoms. The number of rotatable bonds is 5. The van der Waals surface area contributed by atoms with Gasteiger partial charge in [0, 0.05) is 6.20 Å². The molecule has 1 aromatic carbocycles. The molecular formula is C17H20N4O3. The summed E-state index contributed by atoms with van der Waals surface area (Å²) in [5.41, 5.74) is 2.41. The second-order valence-electron chi connectivity index (χ2n) is 5.85. The van der Waals surface area contributed by atoms with Gasteiger partial charge in [0.2, 0.25) is 12.7 Å². The van der Waals surface area contributed by atoms with E-state index in [1.165, 1.54) is 0 Å². The smallest absolute Gasteiger partial charge is 0.242 e. The van der Waals surface area contributed by atoms with Crippen LogP contribution in [-0.4, -0.2) is 41.7 Å². The first-order chi connectivity index (χ1) is 11.5. The number of hydrogen-bond acceptors (Lipinski definition) is 6. The molecular weight excluding hydrogens is 308 g/mol. The summed E-state index contributed by atoms with van der Waals surface area (Å²) in [6, 6.07) is 5.12. The number of aromatic nitrogens is 2. The Morgan fingerprint density at radius 3 is 2.75 bits per heavy atom. The van der Waals surface area contributed by atoms with Crippen LogP contribution < -0.4 is 14.8 Å². The van der Waals surface area contributed by atoms with E-state index in [1.54, 1.807) is 12.4 Å². The zero-order valence-corrected chi connectivity index (χ0v) is 13.9. The predicted octanol–water partition coefficient (Wildman–Crippen LogP) is 1.43. The SMILES string of the molecule is Cc1cnc(CNC(=O)[C@@H](c2ccc3c(c2)OCO3)N(C)C)cn1. The summed E-state index contributed by atoms with van der Waals surface area (Å²) in [5, 5.41) is 2.91. The summed E-state index contributed by atoms with van der Waals surface area (Å²) in [4.78, 5) is 22.9. The van der Waals surface area contributed by atoms with Crippen molar-refractivity contribution in [3.63, 3.8) is 0 Å². The van der Waals surface area contributed by atoms with Gasteiger partial charge in [0.15, 0.2) is 11.5 Å². The molecule has 7 heteroatoms. The average molecular weight is 328 g/mol. The average Bonchev–Trinajstić information content (AvgIpc) is 3.02. The van der Waals surface area contributed by atoms with Gasteiger partial charge >= 0.3 is 0 Å². The van der Waals surface area contributed by atoms with Crippen molar-refractivity contribution in [2.45, 2.75) is 19.5 Å². The summed E-state index contributed by atoms with van der Waals surface area (Å²) >= 11 is 0. The van der Waals surface area contributed by atoms with Crippen LogP contribution in [0.25, 0.3) is 0 Å². The van der Waals surface area contributed by atoms with E-state index < -0.39 is 6.04 Å². The van der Waals surface area contributed by atoms with Crippen molar-refractivity contribution >= 4 is 5.91 Å². The quantitative estimate of drug-likeness (QED) is 0.895. The number of aryl methyl sites for hydroxylation is 1. The third-order valence-corrected chi connectivity index (χ3v) is 3.76. The van der Waals surface area contributed by atoms with E-state index in [0.717, 1.165) is 17.0 Å². The Balaban J connectivity index is 1.73. The summed E-state index contributed by atoms with van der Waals surface area (Å²) in [6.45, 7) is 2.42. The number of carbonyl (C=O) groups is 1. The van der Waals surface area contributed by atoms with Crippen molar-refractivity contribution in [2.75, 3.05) is 20.9 Å². The predicted molar refractivity (Wildman–Crippen MR) is 87.6 cm³/mol. The second kappa shape index (κ2) is 6.84. The Morgan fingerprint density at radius 2 is 2.04 bits per heavy atom. The molecule has 126 valence electrons. The standard InChI is InChI=1S/C17H20N4O3/c1-11-7-19-13(8-18-11)9-20-17(22)16(21(2)3)12-4-5-14-15(6-12)24-10-23-14/h4-8,16H,9-10H2,1-3H3,(H,20,22)/t16-/m1/s1. The minimum absolute atomic E-state index is 0.110. The van der Waals surface area contributed by atoms with Gasteiger partial charge < -0.3 is 14.8 Å². The third kappa shape index (κ3) is 3.46. The van der Waals surface area contributed by atoms with E-state index in [4.69, 9.17) is 9.47 Å². The first kappa shape index (κ1) is 16.2. The lowest BCUT2D eigenvalue weighted by Gasteiger charge is -2.24. The largest absolute Gasteiger partial charge is 0.454 e. The number of hydrogen-bond donors (Lipinski definition) is 1. The van der Waals surface area contributed by atoms with Crippen LogP contribution in [0.3, 0.4) is 0 Å². The van der Waals surface area contributed by atoms with E-state index >= 15 is 0 Å². The van der Waals surface area contributed by atoms with Crippen molar-refractivity contribution in [3.05, 3.63) is 47.5 Å². The van der Waals surface area contributed by atoms with Crippen LogP contribution in [0.2, 0.25) is 0 Å². The molecule has 1 aliphatic rings. The van der Waals surface area contributed by atoms with E-state index in [-0.39, 0.29) is 12.7 Å². The molecule has 2 heterocycles. The van der Waals surface area contributed by atoms with Crippen molar-refractivity contribution < 1.29 is 14.3 Å². The van der Waals surface area contributed by atoms with Gasteiger partial charge in [-0.2, -0.15) is 0 Å². The van der Waals surface area contributed by atoms with Gasteiger partial charge in [0.1, 0.15) is 6.04 Å². The van der Waals surface area contributed by atoms with Crippen LogP contribution in [0.15, 0.2) is 30.6 Å². The van der Waals surface area contributed by atoms with Crippen LogP contribution in [-0.2, 0) is 11.3 Å². The van der Waals surface area contributed by atoms with E-state index in [0.29, 0.717) is 18.0 Å². The fraction of sp³-hybridized carbons (Fsp3) is 0.353. The Hall–Kier alpha value is -2.67. The van der Waals surface area contributed by atoms with Crippen molar-refractivity contribution in [2.24, 2.45) is 0 Å². The topological polar surface area (TPSA) is 76.6 Å². The Labute approximate surface area is 140 Å². The molecule has 1 N–H and O–H groups in total. The molecule has 0 fully saturated rings. The van der Waals surface area contributed by atoms with E-state index in [9.17, 15) is 4.79 Å². The zero-order valence-electron chi connectivity index (χ0n) is 13.9. The first-order valence-electron chi connectivity index (χ1n) is 7.66. The van der Waals surface area contributed by atoms with E-state index in [2.05, 4.69) is 15.3 Å². The molecule has 1 amide bonds. The number of fused-ring (bicyclic) bond motifs is 1. The molecule has 0 bridgehead atoms. The normalized spacial score (nSPS) is 13.8. The Kier molecular flexibility index (Phi) is 4.61. The second-order valence-corrected chi connectivity index (χ2v) is 5.85. The summed E-state index contributed by atoms with van der Waals surface area (Å²) < 4.78 is 10.7. The fourth-order valence-electron chi connectivity index (χ4n) is 2.55. The molecule has 1 atom stereocenters. The van der Waals surface area contributed by atoms with E-state index in [1.807, 2.05) is 44.1 Å². The van der Waals surface area contributed by atoms with Crippen molar-refractivity contribution in [1.82, 2.24) is 20.2 Å². The lowest BCUT2D eigenvalue weighted by Crippen LogP contribution is -2.36.